The number of rotatable bonds is 3. The minimum absolute atomic E-state index is 0.104. The van der Waals surface area contributed by atoms with Crippen molar-refractivity contribution in [3.8, 4) is 6.07 Å². The normalized spacial score (nSPS) is 29.1. The Morgan fingerprint density at radius 2 is 1.97 bits per heavy atom. The Kier molecular flexibility index (Phi) is 5.06. The van der Waals surface area contributed by atoms with Crippen LogP contribution < -0.4 is 16.0 Å². The molecule has 3 unspecified atom stereocenters. The molecule has 0 aliphatic carbocycles. The van der Waals surface area contributed by atoms with Crippen LogP contribution in [0.5, 0.6) is 0 Å². The summed E-state index contributed by atoms with van der Waals surface area (Å²) >= 11 is 0. The van der Waals surface area contributed by atoms with Crippen LogP contribution in [0.15, 0.2) is 23.4 Å². The first-order valence-electron chi connectivity index (χ1n) is 8.95. The van der Waals surface area contributed by atoms with Crippen LogP contribution in [-0.2, 0) is 4.79 Å². The van der Waals surface area contributed by atoms with E-state index in [4.69, 9.17) is 5.26 Å². The highest BCUT2D eigenvalue weighted by atomic mass is 16.6. The monoisotopic (exact) mass is 442 g/mol. The minimum Gasteiger partial charge on any atom is -0.506 e. The molecule has 0 aromatic carbocycles. The zero-order valence-corrected chi connectivity index (χ0v) is 16.3. The number of amides is 3. The number of aliphatic hydroxyl groups is 7. The Morgan fingerprint density at radius 1 is 1.35 bits per heavy atom. The van der Waals surface area contributed by atoms with Gasteiger partial charge in [0.25, 0.3) is 11.8 Å². The summed E-state index contributed by atoms with van der Waals surface area (Å²) in [6, 6.07) is -1.52. The number of piperidine rings is 1. The third kappa shape index (κ3) is 3.40. The third-order valence-corrected chi connectivity index (χ3v) is 5.36. The van der Waals surface area contributed by atoms with Gasteiger partial charge < -0.3 is 51.3 Å². The molecule has 15 heteroatoms. The van der Waals surface area contributed by atoms with Gasteiger partial charge in [-0.25, -0.2) is 9.69 Å². The Morgan fingerprint density at radius 3 is 2.55 bits per heavy atom. The van der Waals surface area contributed by atoms with E-state index in [1.807, 2.05) is 0 Å². The lowest BCUT2D eigenvalue weighted by Crippen LogP contribution is -2.78. The number of nitrogens with one attached hydrogen (secondary N) is 3. The molecule has 0 spiro atoms. The summed E-state index contributed by atoms with van der Waals surface area (Å²) in [6.07, 6.45) is -0.376. The van der Waals surface area contributed by atoms with E-state index < -0.39 is 59.0 Å². The molecule has 0 saturated carbocycles. The van der Waals surface area contributed by atoms with Gasteiger partial charge in [0.1, 0.15) is 29.9 Å². The zero-order chi connectivity index (χ0) is 23.5. The number of carbonyl (C=O) groups excluding carboxylic acids is 2. The van der Waals surface area contributed by atoms with Crippen molar-refractivity contribution in [2.45, 2.75) is 43.2 Å². The second-order valence-electron chi connectivity index (χ2n) is 7.61. The number of likely N-dealkylation sites (N-methyl/N-ethyl adjacent to an activating group) is 1. The lowest BCUT2D eigenvalue weighted by molar-refractivity contribution is -0.416. The predicted molar refractivity (Wildman–Crippen MR) is 95.6 cm³/mol. The second kappa shape index (κ2) is 6.95. The molecule has 1 fully saturated rings. The van der Waals surface area contributed by atoms with Crippen LogP contribution in [0, 0.1) is 17.2 Å². The second-order valence-corrected chi connectivity index (χ2v) is 7.61. The van der Waals surface area contributed by atoms with Gasteiger partial charge >= 0.3 is 17.7 Å². The average molecular weight is 442 g/mol. The smallest absolute Gasteiger partial charge is 0.336 e. The maximum Gasteiger partial charge on any atom is 0.336 e. The molecule has 3 amide bonds. The zero-order valence-electron chi connectivity index (χ0n) is 16.3. The molecule has 3 aliphatic heterocycles. The van der Waals surface area contributed by atoms with Crippen molar-refractivity contribution < 1.29 is 45.3 Å². The van der Waals surface area contributed by atoms with Crippen LogP contribution >= 0.6 is 0 Å². The number of hydrogen-bond donors (Lipinski definition) is 10. The molecule has 1 saturated heterocycles. The molecule has 10 N–H and O–H groups in total. The van der Waals surface area contributed by atoms with Crippen molar-refractivity contribution in [2.24, 2.45) is 5.92 Å². The van der Waals surface area contributed by atoms with Crippen molar-refractivity contribution in [3.05, 3.63) is 23.4 Å². The van der Waals surface area contributed by atoms with Crippen LogP contribution in [0.4, 0.5) is 4.79 Å². The SMILES string of the molecule is CC1CC(O)(O)N(C(=O)C(O)(O)C#N)C(O)(O)C1N(C)C1=C2C(O)=CNC2NC(=O)N1. The summed E-state index contributed by atoms with van der Waals surface area (Å²) < 4.78 is 0. The molecule has 3 aliphatic rings. The first kappa shape index (κ1) is 22.6. The van der Waals surface area contributed by atoms with Crippen LogP contribution in [0.3, 0.4) is 0 Å². The molecule has 0 aromatic rings. The van der Waals surface area contributed by atoms with Crippen molar-refractivity contribution in [3.63, 3.8) is 0 Å². The summed E-state index contributed by atoms with van der Waals surface area (Å²) in [5.74, 6) is -14.1. The fourth-order valence-electron chi connectivity index (χ4n) is 4.17. The highest BCUT2D eigenvalue weighted by Gasteiger charge is 2.64. The number of aliphatic hydroxyl groups excluding tert-OH is 1. The Labute approximate surface area is 174 Å². The van der Waals surface area contributed by atoms with E-state index in [-0.39, 0.29) is 17.2 Å². The molecule has 0 bridgehead atoms. The number of fused-ring (bicyclic) bond motifs is 1. The van der Waals surface area contributed by atoms with E-state index in [1.54, 1.807) is 0 Å². The molecular weight excluding hydrogens is 420 g/mol. The van der Waals surface area contributed by atoms with E-state index in [1.165, 1.54) is 20.2 Å². The molecule has 0 radical (unpaired) electrons. The Bertz CT molecular complexity index is 921. The summed E-state index contributed by atoms with van der Waals surface area (Å²) in [5, 5.41) is 87.8. The van der Waals surface area contributed by atoms with Crippen molar-refractivity contribution in [1.82, 2.24) is 25.8 Å². The molecule has 170 valence electrons. The first-order chi connectivity index (χ1) is 14.1. The molecule has 3 heterocycles. The van der Waals surface area contributed by atoms with E-state index in [0.717, 1.165) is 11.0 Å². The largest absolute Gasteiger partial charge is 0.506 e. The fourth-order valence-corrected chi connectivity index (χ4v) is 4.17. The quantitative estimate of drug-likeness (QED) is 0.147. The van der Waals surface area contributed by atoms with Crippen LogP contribution in [0.1, 0.15) is 13.3 Å². The van der Waals surface area contributed by atoms with E-state index >= 15 is 0 Å². The molecule has 0 aromatic heterocycles. The standard InChI is InChI=1S/C16H22N6O9/c1-6-3-15(28,29)22(12(24)14(26,27)5-17)16(30,31)9(6)21(2)11-8-7(23)4-18-10(8)19-13(25)20-11/h4,6,9-10,18,23,26-31H,3H2,1-2H3,(H2,19,20,25). The highest BCUT2D eigenvalue weighted by Crippen LogP contribution is 2.41. The van der Waals surface area contributed by atoms with Gasteiger partial charge in [-0.1, -0.05) is 6.92 Å². The number of nitrogens with zero attached hydrogens (tertiary/aromatic N) is 3. The van der Waals surface area contributed by atoms with Gasteiger partial charge in [0.2, 0.25) is 0 Å². The van der Waals surface area contributed by atoms with Gasteiger partial charge in [0, 0.05) is 19.7 Å². The molecular formula is C16H22N6O9. The Hall–Kier alpha value is -3.13. The third-order valence-electron chi connectivity index (χ3n) is 5.36. The van der Waals surface area contributed by atoms with Gasteiger partial charge in [-0.3, -0.25) is 10.1 Å². The molecule has 3 atom stereocenters. The van der Waals surface area contributed by atoms with Crippen molar-refractivity contribution >= 4 is 11.9 Å². The van der Waals surface area contributed by atoms with E-state index in [0.29, 0.717) is 0 Å². The predicted octanol–water partition coefficient (Wildman–Crippen LogP) is -4.51. The lowest BCUT2D eigenvalue weighted by Gasteiger charge is -2.55. The maximum absolute atomic E-state index is 12.4. The fraction of sp³-hybridized carbons (Fsp3) is 0.562. The molecule has 15 nitrogen and oxygen atoms in total. The van der Waals surface area contributed by atoms with Gasteiger partial charge in [-0.2, -0.15) is 5.26 Å². The number of urea groups is 1. The summed E-state index contributed by atoms with van der Waals surface area (Å²) in [4.78, 5) is 25.1. The number of nitriles is 1. The minimum atomic E-state index is -3.80. The van der Waals surface area contributed by atoms with Gasteiger partial charge in [-0.15, -0.1) is 0 Å². The first-order valence-corrected chi connectivity index (χ1v) is 8.95. The average Bonchev–Trinajstić information content (AvgIpc) is 2.99. The summed E-state index contributed by atoms with van der Waals surface area (Å²) in [6.45, 7) is 1.37. The molecule has 31 heavy (non-hydrogen) atoms. The van der Waals surface area contributed by atoms with Gasteiger partial charge in [0.15, 0.2) is 0 Å². The van der Waals surface area contributed by atoms with E-state index in [2.05, 4.69) is 16.0 Å². The van der Waals surface area contributed by atoms with Gasteiger partial charge in [0.05, 0.1) is 5.57 Å². The highest BCUT2D eigenvalue weighted by molar-refractivity contribution is 5.87. The summed E-state index contributed by atoms with van der Waals surface area (Å²) in [5.41, 5.74) is 0.114. The van der Waals surface area contributed by atoms with E-state index in [9.17, 15) is 45.3 Å². The number of carbonyl (C=O) groups is 2. The summed E-state index contributed by atoms with van der Waals surface area (Å²) in [7, 11) is 1.26. The lowest BCUT2D eigenvalue weighted by atomic mass is 9.85. The maximum atomic E-state index is 12.4. The topological polar surface area (TPSA) is 242 Å². The van der Waals surface area contributed by atoms with Crippen molar-refractivity contribution in [2.75, 3.05) is 7.05 Å². The van der Waals surface area contributed by atoms with Crippen LogP contribution in [-0.4, -0.2) is 94.3 Å². The van der Waals surface area contributed by atoms with Crippen LogP contribution in [0.2, 0.25) is 0 Å². The number of likely N-dealkylation sites (tertiary alicyclic amines) is 1. The number of hydrogen-bond acceptors (Lipinski definition) is 12. The Balaban J connectivity index is 2.09. The molecule has 3 rings (SSSR count). The van der Waals surface area contributed by atoms with Gasteiger partial charge in [-0.05, 0) is 5.92 Å². The van der Waals surface area contributed by atoms with Crippen LogP contribution in [0.25, 0.3) is 0 Å². The van der Waals surface area contributed by atoms with Crippen molar-refractivity contribution in [1.29, 1.82) is 5.26 Å².